The van der Waals surface area contributed by atoms with Gasteiger partial charge in [-0.1, -0.05) is 64.5 Å². The Labute approximate surface area is 187 Å². The number of carbonyl (C=O) groups is 2. The normalized spacial score (nSPS) is 16.4. The van der Waals surface area contributed by atoms with Gasteiger partial charge in [-0.2, -0.15) is 0 Å². The summed E-state index contributed by atoms with van der Waals surface area (Å²) in [4.78, 5) is 24.3. The molecule has 174 valence electrons. The molecule has 1 saturated carbocycles. The SMILES string of the molecule is CCCCCCCOc1ccc(C(CC2CC2)CC(C(=O)O)C(=O)OC(C)CC)cc1. The van der Waals surface area contributed by atoms with Crippen LogP contribution in [-0.4, -0.2) is 29.8 Å². The fourth-order valence-electron chi connectivity index (χ4n) is 3.80. The first-order chi connectivity index (χ1) is 14.9. The van der Waals surface area contributed by atoms with E-state index in [0.29, 0.717) is 12.3 Å². The summed E-state index contributed by atoms with van der Waals surface area (Å²) in [6, 6.07) is 7.99. The molecule has 0 heterocycles. The Kier molecular flexibility index (Phi) is 10.9. The first kappa shape index (κ1) is 25.2. The van der Waals surface area contributed by atoms with Crippen molar-refractivity contribution < 1.29 is 24.2 Å². The molecule has 5 nitrogen and oxygen atoms in total. The minimum absolute atomic E-state index is 0.0289. The van der Waals surface area contributed by atoms with Gasteiger partial charge in [0.05, 0.1) is 12.7 Å². The summed E-state index contributed by atoms with van der Waals surface area (Å²) < 4.78 is 11.2. The Morgan fingerprint density at radius 3 is 2.32 bits per heavy atom. The van der Waals surface area contributed by atoms with Crippen LogP contribution in [0.2, 0.25) is 0 Å². The standard InChI is InChI=1S/C26H40O5/c1-4-6-7-8-9-16-30-23-14-12-21(13-15-23)22(17-20-10-11-20)18-24(25(27)28)26(29)31-19(3)5-2/h12-15,19-20,22,24H,4-11,16-18H2,1-3H3,(H,27,28). The summed E-state index contributed by atoms with van der Waals surface area (Å²) >= 11 is 0. The van der Waals surface area contributed by atoms with Crippen LogP contribution in [0.15, 0.2) is 24.3 Å². The number of ether oxygens (including phenoxy) is 2. The van der Waals surface area contributed by atoms with Gasteiger partial charge in [-0.05, 0) is 62.1 Å². The number of esters is 1. The zero-order valence-corrected chi connectivity index (χ0v) is 19.5. The van der Waals surface area contributed by atoms with Crippen LogP contribution in [0, 0.1) is 11.8 Å². The van der Waals surface area contributed by atoms with Crippen LogP contribution in [0.1, 0.15) is 96.5 Å². The Hall–Kier alpha value is -2.04. The summed E-state index contributed by atoms with van der Waals surface area (Å²) in [5, 5.41) is 9.67. The zero-order valence-electron chi connectivity index (χ0n) is 19.5. The smallest absolute Gasteiger partial charge is 0.320 e. The van der Waals surface area contributed by atoms with Crippen molar-refractivity contribution in [1.29, 1.82) is 0 Å². The van der Waals surface area contributed by atoms with Gasteiger partial charge in [-0.3, -0.25) is 9.59 Å². The van der Waals surface area contributed by atoms with E-state index in [-0.39, 0.29) is 18.4 Å². The largest absolute Gasteiger partial charge is 0.494 e. The van der Waals surface area contributed by atoms with Crippen molar-refractivity contribution in [2.24, 2.45) is 11.8 Å². The van der Waals surface area contributed by atoms with E-state index >= 15 is 0 Å². The summed E-state index contributed by atoms with van der Waals surface area (Å²) in [5.41, 5.74) is 1.07. The molecule has 1 aliphatic carbocycles. The molecule has 1 aliphatic rings. The van der Waals surface area contributed by atoms with Gasteiger partial charge in [0.2, 0.25) is 0 Å². The summed E-state index contributed by atoms with van der Waals surface area (Å²) in [7, 11) is 0. The van der Waals surface area contributed by atoms with Gasteiger partial charge in [-0.15, -0.1) is 0 Å². The molecule has 31 heavy (non-hydrogen) atoms. The van der Waals surface area contributed by atoms with E-state index in [0.717, 1.165) is 30.8 Å². The lowest BCUT2D eigenvalue weighted by atomic mass is 9.85. The molecule has 0 spiro atoms. The molecule has 0 radical (unpaired) electrons. The van der Waals surface area contributed by atoms with Crippen LogP contribution in [0.3, 0.4) is 0 Å². The summed E-state index contributed by atoms with van der Waals surface area (Å²) in [5.74, 6) is -1.35. The monoisotopic (exact) mass is 432 g/mol. The molecule has 1 fully saturated rings. The third-order valence-electron chi connectivity index (χ3n) is 6.18. The van der Waals surface area contributed by atoms with Crippen LogP contribution in [-0.2, 0) is 14.3 Å². The highest BCUT2D eigenvalue weighted by molar-refractivity contribution is 5.94. The lowest BCUT2D eigenvalue weighted by Crippen LogP contribution is -2.30. The fraction of sp³-hybridized carbons (Fsp3) is 0.692. The fourth-order valence-corrected chi connectivity index (χ4v) is 3.80. The molecule has 0 saturated heterocycles. The Morgan fingerprint density at radius 1 is 1.06 bits per heavy atom. The number of aliphatic carboxylic acids is 1. The second-order valence-electron chi connectivity index (χ2n) is 8.99. The maximum absolute atomic E-state index is 12.5. The lowest BCUT2D eigenvalue weighted by molar-refractivity contribution is -0.162. The number of carbonyl (C=O) groups excluding carboxylic acids is 1. The number of carboxylic acids is 1. The van der Waals surface area contributed by atoms with Crippen molar-refractivity contribution in [3.8, 4) is 5.75 Å². The van der Waals surface area contributed by atoms with Crippen molar-refractivity contribution in [2.45, 2.75) is 97.0 Å². The second-order valence-corrected chi connectivity index (χ2v) is 8.99. The Morgan fingerprint density at radius 2 is 1.74 bits per heavy atom. The first-order valence-electron chi connectivity index (χ1n) is 12.1. The first-order valence-corrected chi connectivity index (χ1v) is 12.1. The van der Waals surface area contributed by atoms with Gasteiger partial charge in [-0.25, -0.2) is 0 Å². The lowest BCUT2D eigenvalue weighted by Gasteiger charge is -2.22. The third kappa shape index (κ3) is 9.32. The topological polar surface area (TPSA) is 72.8 Å². The highest BCUT2D eigenvalue weighted by atomic mass is 16.5. The van der Waals surface area contributed by atoms with Gasteiger partial charge >= 0.3 is 11.9 Å². The molecule has 0 amide bonds. The van der Waals surface area contributed by atoms with E-state index in [1.807, 2.05) is 31.2 Å². The molecule has 1 aromatic rings. The molecule has 5 heteroatoms. The molecule has 0 aliphatic heterocycles. The molecule has 0 bridgehead atoms. The summed E-state index contributed by atoms with van der Waals surface area (Å²) in [6.45, 7) is 6.64. The maximum atomic E-state index is 12.5. The average Bonchev–Trinajstić information content (AvgIpc) is 3.57. The highest BCUT2D eigenvalue weighted by Crippen LogP contribution is 2.41. The van der Waals surface area contributed by atoms with Gasteiger partial charge in [0.25, 0.3) is 0 Å². The molecular formula is C26H40O5. The Bertz CT molecular complexity index is 665. The van der Waals surface area contributed by atoms with Crippen molar-refractivity contribution >= 4 is 11.9 Å². The van der Waals surface area contributed by atoms with Crippen molar-refractivity contribution in [2.75, 3.05) is 6.61 Å². The third-order valence-corrected chi connectivity index (χ3v) is 6.18. The van der Waals surface area contributed by atoms with Gasteiger partial charge in [0.15, 0.2) is 5.92 Å². The predicted molar refractivity (Wildman–Crippen MR) is 122 cm³/mol. The van der Waals surface area contributed by atoms with E-state index in [4.69, 9.17) is 9.47 Å². The van der Waals surface area contributed by atoms with Gasteiger partial charge in [0, 0.05) is 0 Å². The van der Waals surface area contributed by atoms with E-state index in [1.54, 1.807) is 6.92 Å². The number of hydrogen-bond acceptors (Lipinski definition) is 4. The molecule has 1 N–H and O–H groups in total. The van der Waals surface area contributed by atoms with Crippen molar-refractivity contribution in [3.63, 3.8) is 0 Å². The van der Waals surface area contributed by atoms with Crippen LogP contribution in [0.4, 0.5) is 0 Å². The van der Waals surface area contributed by atoms with E-state index in [2.05, 4.69) is 6.92 Å². The average molecular weight is 433 g/mol. The second kappa shape index (κ2) is 13.4. The molecule has 3 unspecified atom stereocenters. The number of rotatable bonds is 16. The molecular weight excluding hydrogens is 392 g/mol. The van der Waals surface area contributed by atoms with Crippen molar-refractivity contribution in [3.05, 3.63) is 29.8 Å². The number of hydrogen-bond donors (Lipinski definition) is 1. The minimum atomic E-state index is -1.13. The van der Waals surface area contributed by atoms with Crippen molar-refractivity contribution in [1.82, 2.24) is 0 Å². The quantitative estimate of drug-likeness (QED) is 0.187. The summed E-state index contributed by atoms with van der Waals surface area (Å²) in [6.07, 6.45) is 9.99. The van der Waals surface area contributed by atoms with Crippen LogP contribution >= 0.6 is 0 Å². The predicted octanol–water partition coefficient (Wildman–Crippen LogP) is 6.35. The van der Waals surface area contributed by atoms with Crippen LogP contribution in [0.5, 0.6) is 5.75 Å². The van der Waals surface area contributed by atoms with Crippen LogP contribution < -0.4 is 4.74 Å². The van der Waals surface area contributed by atoms with E-state index < -0.39 is 17.9 Å². The van der Waals surface area contributed by atoms with E-state index in [9.17, 15) is 14.7 Å². The molecule has 3 atom stereocenters. The van der Waals surface area contributed by atoms with Gasteiger partial charge < -0.3 is 14.6 Å². The Balaban J connectivity index is 1.97. The minimum Gasteiger partial charge on any atom is -0.494 e. The number of unbranched alkanes of at least 4 members (excludes halogenated alkanes) is 4. The van der Waals surface area contributed by atoms with Gasteiger partial charge in [0.1, 0.15) is 5.75 Å². The highest BCUT2D eigenvalue weighted by Gasteiger charge is 2.35. The molecule has 1 aromatic carbocycles. The maximum Gasteiger partial charge on any atom is 0.320 e. The number of benzene rings is 1. The number of carboxylic acid groups (broad SMARTS) is 1. The molecule has 2 rings (SSSR count). The zero-order chi connectivity index (χ0) is 22.6. The van der Waals surface area contributed by atoms with E-state index in [1.165, 1.54) is 38.5 Å². The molecule has 0 aromatic heterocycles. The van der Waals surface area contributed by atoms with Crippen LogP contribution in [0.25, 0.3) is 0 Å².